The number of hydrogen-bond donors (Lipinski definition) is 3. The highest BCUT2D eigenvalue weighted by molar-refractivity contribution is 8.14. The van der Waals surface area contributed by atoms with E-state index >= 15 is 0 Å². The van der Waals surface area contributed by atoms with Crippen LogP contribution in [0, 0.1) is 0 Å². The number of carbonyl (C=O) groups is 2. The van der Waals surface area contributed by atoms with Crippen LogP contribution in [-0.4, -0.2) is 82.6 Å². The fourth-order valence-corrected chi connectivity index (χ4v) is 6.24. The second-order valence-corrected chi connectivity index (χ2v) is 13.1. The molecular weight excluding hydrogens is 536 g/mol. The lowest BCUT2D eigenvalue weighted by Gasteiger charge is -2.28. The summed E-state index contributed by atoms with van der Waals surface area (Å²) in [5.41, 5.74) is 1.86. The van der Waals surface area contributed by atoms with Gasteiger partial charge in [-0.2, -0.15) is 0 Å². The number of anilines is 1. The maximum absolute atomic E-state index is 13.2. The summed E-state index contributed by atoms with van der Waals surface area (Å²) in [4.78, 5) is 36.7. The third kappa shape index (κ3) is 10.2. The molecule has 41 heavy (non-hydrogen) atoms. The van der Waals surface area contributed by atoms with E-state index in [1.54, 1.807) is 11.8 Å². The predicted molar refractivity (Wildman–Crippen MR) is 167 cm³/mol. The molecule has 2 unspecified atom stereocenters. The van der Waals surface area contributed by atoms with Crippen molar-refractivity contribution in [1.82, 2.24) is 20.5 Å². The Kier molecular flexibility index (Phi) is 11.3. The Labute approximate surface area is 249 Å². The van der Waals surface area contributed by atoms with Gasteiger partial charge < -0.3 is 25.6 Å². The lowest BCUT2D eigenvalue weighted by Crippen LogP contribution is -2.45. The third-order valence-corrected chi connectivity index (χ3v) is 8.36. The Balaban J connectivity index is 1.33. The summed E-state index contributed by atoms with van der Waals surface area (Å²) in [6, 6.07) is 3.95. The van der Waals surface area contributed by atoms with E-state index in [0.29, 0.717) is 19.5 Å². The number of unbranched alkanes of at least 4 members (excludes halogenated alkanes) is 1. The van der Waals surface area contributed by atoms with Crippen molar-refractivity contribution in [3.05, 3.63) is 47.7 Å². The zero-order valence-corrected chi connectivity index (χ0v) is 25.8. The summed E-state index contributed by atoms with van der Waals surface area (Å²) >= 11 is 1.65. The molecule has 224 valence electrons. The predicted octanol–water partition coefficient (Wildman–Crippen LogP) is 3.86. The minimum Gasteiger partial charge on any atom is -0.458 e. The summed E-state index contributed by atoms with van der Waals surface area (Å²) in [6.45, 7) is 11.1. The molecule has 1 aromatic heterocycles. The number of nitrogens with zero attached hydrogens (tertiary/aromatic N) is 3. The molecule has 3 heterocycles. The van der Waals surface area contributed by atoms with Gasteiger partial charge in [-0.3, -0.25) is 9.79 Å². The number of allylic oxidation sites excluding steroid dienone is 2. The van der Waals surface area contributed by atoms with E-state index in [4.69, 9.17) is 14.7 Å². The monoisotopic (exact) mass is 582 g/mol. The topological polar surface area (TPSA) is 108 Å². The maximum Gasteiger partial charge on any atom is 0.329 e. The van der Waals surface area contributed by atoms with Gasteiger partial charge in [0.15, 0.2) is 5.17 Å². The normalized spacial score (nSPS) is 20.1. The molecule has 0 bridgehead atoms. The molecule has 0 saturated heterocycles. The van der Waals surface area contributed by atoms with E-state index in [9.17, 15) is 9.59 Å². The summed E-state index contributed by atoms with van der Waals surface area (Å²) in [5.74, 6) is 0.740. The highest BCUT2D eigenvalue weighted by Gasteiger charge is 2.32. The number of aryl methyl sites for hydroxylation is 2. The van der Waals surface area contributed by atoms with Gasteiger partial charge in [-0.1, -0.05) is 42.1 Å². The number of ether oxygens (including phenoxy) is 1. The van der Waals surface area contributed by atoms with Gasteiger partial charge in [0.1, 0.15) is 17.5 Å². The standard InChI is InChI=1S/C31H46N6O3S/c1-22(38)32-18-21-37(19-8-7-11-24-15-14-23-10-9-17-33-28(23)34-24)20-16-26(29(39)40-31(2,3)4)36-30-35-25-12-5-6-13-27(25)41-30/h5-6,12-15,25-27H,7-11,16-21H2,1-4H3,(H,32,38)(H,33,34)(H,35,36)/t25?,26-,27?/m0/s1. The van der Waals surface area contributed by atoms with Crippen LogP contribution >= 0.6 is 11.8 Å². The molecule has 1 aliphatic carbocycles. The van der Waals surface area contributed by atoms with E-state index in [2.05, 4.69) is 45.1 Å². The first-order valence-electron chi connectivity index (χ1n) is 14.9. The van der Waals surface area contributed by atoms with Crippen LogP contribution in [0.25, 0.3) is 0 Å². The number of fused-ring (bicyclic) bond motifs is 2. The van der Waals surface area contributed by atoms with Crippen LogP contribution in [-0.2, 0) is 27.2 Å². The van der Waals surface area contributed by atoms with E-state index in [1.165, 1.54) is 12.5 Å². The first-order chi connectivity index (χ1) is 19.7. The molecule has 2 aliphatic heterocycles. The lowest BCUT2D eigenvalue weighted by atomic mass is 10.1. The van der Waals surface area contributed by atoms with Gasteiger partial charge in [-0.05, 0) is 77.5 Å². The summed E-state index contributed by atoms with van der Waals surface area (Å²) < 4.78 is 5.78. The maximum atomic E-state index is 13.2. The van der Waals surface area contributed by atoms with Crippen LogP contribution in [0.5, 0.6) is 0 Å². The van der Waals surface area contributed by atoms with Gasteiger partial charge in [0.25, 0.3) is 0 Å². The van der Waals surface area contributed by atoms with E-state index in [1.807, 2.05) is 32.9 Å². The fraction of sp³-hybridized carbons (Fsp3) is 0.613. The molecule has 0 spiro atoms. The van der Waals surface area contributed by atoms with Gasteiger partial charge in [-0.25, -0.2) is 9.78 Å². The SMILES string of the molecule is CC(=O)NCCN(CCCCc1ccc2c(n1)NCCC2)CC[C@H](NC1=NC2C=CC=CC2S1)C(=O)OC(C)(C)C. The van der Waals surface area contributed by atoms with Crippen LogP contribution in [0.3, 0.4) is 0 Å². The number of carbonyl (C=O) groups excluding carboxylic acids is 2. The molecule has 3 aliphatic rings. The van der Waals surface area contributed by atoms with Crippen molar-refractivity contribution in [1.29, 1.82) is 0 Å². The van der Waals surface area contributed by atoms with E-state index in [0.717, 1.165) is 68.4 Å². The third-order valence-electron chi connectivity index (χ3n) is 7.20. The summed E-state index contributed by atoms with van der Waals surface area (Å²) in [7, 11) is 0. The van der Waals surface area contributed by atoms with Crippen LogP contribution in [0.1, 0.15) is 64.6 Å². The van der Waals surface area contributed by atoms with Crippen molar-refractivity contribution < 1.29 is 14.3 Å². The first-order valence-corrected chi connectivity index (χ1v) is 15.8. The fourth-order valence-electron chi connectivity index (χ4n) is 5.12. The number of amidine groups is 1. The molecule has 0 fully saturated rings. The van der Waals surface area contributed by atoms with E-state index in [-0.39, 0.29) is 23.2 Å². The lowest BCUT2D eigenvalue weighted by molar-refractivity contribution is -0.157. The number of amides is 1. The highest BCUT2D eigenvalue weighted by Crippen LogP contribution is 2.30. The largest absolute Gasteiger partial charge is 0.458 e. The number of nitrogens with one attached hydrogen (secondary N) is 3. The van der Waals surface area contributed by atoms with Crippen molar-refractivity contribution in [2.75, 3.05) is 38.0 Å². The molecule has 0 saturated carbocycles. The van der Waals surface area contributed by atoms with Crippen molar-refractivity contribution >= 4 is 34.6 Å². The molecule has 1 amide bonds. The highest BCUT2D eigenvalue weighted by atomic mass is 32.2. The van der Waals surface area contributed by atoms with Gasteiger partial charge in [0, 0.05) is 38.8 Å². The second-order valence-electron chi connectivity index (χ2n) is 11.9. The molecule has 3 atom stereocenters. The van der Waals surface area contributed by atoms with Crippen molar-refractivity contribution in [2.24, 2.45) is 4.99 Å². The Morgan fingerprint density at radius 2 is 2.00 bits per heavy atom. The van der Waals surface area contributed by atoms with Crippen LogP contribution < -0.4 is 16.0 Å². The van der Waals surface area contributed by atoms with Crippen LogP contribution in [0.15, 0.2) is 41.4 Å². The van der Waals surface area contributed by atoms with Gasteiger partial charge in [-0.15, -0.1) is 0 Å². The minimum absolute atomic E-state index is 0.0359. The number of aliphatic imine (C=N–C) groups is 1. The van der Waals surface area contributed by atoms with Gasteiger partial charge in [0.2, 0.25) is 5.91 Å². The number of rotatable bonds is 13. The van der Waals surface area contributed by atoms with Crippen LogP contribution in [0.4, 0.5) is 5.82 Å². The molecule has 0 aromatic carbocycles. The number of thioether (sulfide) groups is 1. The number of hydrogen-bond acceptors (Lipinski definition) is 9. The Morgan fingerprint density at radius 1 is 1.17 bits per heavy atom. The first kappa shape index (κ1) is 31.1. The Bertz CT molecular complexity index is 1150. The molecule has 4 rings (SSSR count). The molecule has 0 radical (unpaired) electrons. The molecule has 3 N–H and O–H groups in total. The van der Waals surface area contributed by atoms with E-state index < -0.39 is 11.6 Å². The molecule has 9 nitrogen and oxygen atoms in total. The van der Waals surface area contributed by atoms with Gasteiger partial charge >= 0.3 is 5.97 Å². The summed E-state index contributed by atoms with van der Waals surface area (Å²) in [6.07, 6.45) is 14.1. The molecular formula is C31H46N6O3S. The van der Waals surface area contributed by atoms with Crippen molar-refractivity contribution in [2.45, 2.75) is 89.2 Å². The number of aromatic nitrogens is 1. The molecule has 10 heteroatoms. The van der Waals surface area contributed by atoms with Crippen LogP contribution in [0.2, 0.25) is 0 Å². The average Bonchev–Trinajstić information content (AvgIpc) is 3.34. The second kappa shape index (κ2) is 14.9. The zero-order chi connectivity index (χ0) is 29.2. The quantitative estimate of drug-likeness (QED) is 0.238. The molecule has 1 aromatic rings. The van der Waals surface area contributed by atoms with Crippen molar-refractivity contribution in [3.63, 3.8) is 0 Å². The van der Waals surface area contributed by atoms with Gasteiger partial charge in [0.05, 0.1) is 11.3 Å². The summed E-state index contributed by atoms with van der Waals surface area (Å²) in [5, 5.41) is 10.8. The Hall–Kier alpha value is -2.85. The number of esters is 1. The van der Waals surface area contributed by atoms with Crippen molar-refractivity contribution in [3.8, 4) is 0 Å². The minimum atomic E-state index is -0.577. The Morgan fingerprint density at radius 3 is 2.78 bits per heavy atom. The average molecular weight is 583 g/mol. The zero-order valence-electron chi connectivity index (χ0n) is 24.9. The smallest absolute Gasteiger partial charge is 0.329 e. The number of pyridine rings is 1.